The molecule has 1 saturated heterocycles. The van der Waals surface area contributed by atoms with Gasteiger partial charge in [0.1, 0.15) is 17.1 Å². The number of fused-ring (bicyclic) bond motifs is 1. The zero-order valence-electron chi connectivity index (χ0n) is 25.1. The number of methoxy groups -OCH3 is 1. The number of phenolic OH excluding ortho intramolecular Hbond substituents is 8. The summed E-state index contributed by atoms with van der Waals surface area (Å²) in [6.07, 6.45) is 0. The first kappa shape index (κ1) is 36.5. The molecule has 51 heavy (non-hydrogen) atoms. The molecule has 1 aromatic heterocycles. The summed E-state index contributed by atoms with van der Waals surface area (Å²) in [6, 6.07) is 0. The quantitative estimate of drug-likeness (QED) is 0.0658. The largest absolute Gasteiger partial charge is 0.503 e. The molecule has 26 nitrogen and oxygen atoms in total. The van der Waals surface area contributed by atoms with Crippen molar-refractivity contribution in [3.05, 3.63) is 17.0 Å². The first-order valence-corrected chi connectivity index (χ1v) is 13.4. The summed E-state index contributed by atoms with van der Waals surface area (Å²) in [4.78, 5) is 25.7. The number of ether oxygens (including phenoxy) is 1. The van der Waals surface area contributed by atoms with Crippen molar-refractivity contribution in [1.29, 1.82) is 0 Å². The Bertz CT molecular complexity index is 1980. The van der Waals surface area contributed by atoms with Crippen LogP contribution in [0.3, 0.4) is 0 Å². The van der Waals surface area contributed by atoms with E-state index in [0.29, 0.717) is 0 Å². The van der Waals surface area contributed by atoms with E-state index in [1.807, 2.05) is 0 Å². The van der Waals surface area contributed by atoms with Crippen LogP contribution in [0.15, 0.2) is 0 Å². The molecular formula is C25H27N5O21. The first-order valence-electron chi connectivity index (χ1n) is 13.4. The SMILES string of the molecule is COc1c(O)c(O)c(-n2nc(C(N)=O)c3c2C(=O)N(c2c(O)c(O)c(N4CC(O)(O)C(O)(O)C(O)(O)C4(O)O)c(O)c2O)CC3(O)O)c(O)c1O. The molecule has 3 aromatic rings. The van der Waals surface area contributed by atoms with E-state index < -0.39 is 145 Å². The number of amides is 2. The highest BCUT2D eigenvalue weighted by Gasteiger charge is 2.77. The van der Waals surface area contributed by atoms with Gasteiger partial charge < -0.3 is 107 Å². The van der Waals surface area contributed by atoms with Crippen LogP contribution in [-0.2, 0) is 5.79 Å². The Morgan fingerprint density at radius 1 is 0.686 bits per heavy atom. The highest BCUT2D eigenvalue weighted by Crippen LogP contribution is 2.60. The lowest BCUT2D eigenvalue weighted by Gasteiger charge is -2.56. The van der Waals surface area contributed by atoms with Gasteiger partial charge in [-0.3, -0.25) is 14.5 Å². The average Bonchev–Trinajstić information content (AvgIpc) is 3.43. The van der Waals surface area contributed by atoms with Crippen molar-refractivity contribution < 1.29 is 106 Å². The summed E-state index contributed by atoms with van der Waals surface area (Å²) in [5.41, 5.74) is -2.88. The number of aliphatic hydroxyl groups is 10. The Morgan fingerprint density at radius 2 is 1.14 bits per heavy atom. The van der Waals surface area contributed by atoms with Crippen LogP contribution in [0.5, 0.6) is 51.7 Å². The first-order chi connectivity index (χ1) is 23.1. The molecule has 2 aliphatic rings. The van der Waals surface area contributed by atoms with Crippen molar-refractivity contribution in [1.82, 2.24) is 9.78 Å². The Morgan fingerprint density at radius 3 is 1.59 bits per heavy atom. The Hall–Kier alpha value is -5.81. The van der Waals surface area contributed by atoms with Gasteiger partial charge in [0.2, 0.25) is 28.8 Å². The van der Waals surface area contributed by atoms with Crippen LogP contribution in [0.4, 0.5) is 11.4 Å². The van der Waals surface area contributed by atoms with Gasteiger partial charge in [-0.15, -0.1) is 0 Å². The van der Waals surface area contributed by atoms with E-state index in [1.165, 1.54) is 0 Å². The van der Waals surface area contributed by atoms with Crippen molar-refractivity contribution in [2.75, 3.05) is 30.0 Å². The number of carbonyl (C=O) groups excluding carboxylic acids is 2. The molecule has 0 saturated carbocycles. The van der Waals surface area contributed by atoms with E-state index in [1.54, 1.807) is 0 Å². The van der Waals surface area contributed by atoms with Gasteiger partial charge in [0.25, 0.3) is 17.6 Å². The van der Waals surface area contributed by atoms with Gasteiger partial charge in [-0.1, -0.05) is 0 Å². The minimum Gasteiger partial charge on any atom is -0.503 e. The zero-order chi connectivity index (χ0) is 38.9. The van der Waals surface area contributed by atoms with Crippen molar-refractivity contribution in [2.45, 2.75) is 29.1 Å². The molecule has 278 valence electrons. The molecule has 0 spiro atoms. The number of aromatic hydroxyl groups is 8. The number of piperidine rings is 1. The van der Waals surface area contributed by atoms with Gasteiger partial charge in [0.05, 0.1) is 25.8 Å². The van der Waals surface area contributed by atoms with Crippen LogP contribution in [0.2, 0.25) is 0 Å². The lowest BCUT2D eigenvalue weighted by molar-refractivity contribution is -0.520. The standard InChI is InChI=1S/C25H27N5O21/c1-51-18-16(37)14(35)9(15(36)17(18)38)30-6-4(5(27-30)19(26)39)21(41,42)2-28(20(6)40)7-10(31)12(33)8(13(34)11(7)32)29-3-22(43,44)23(45,46)24(47,48)25(29,49)50/h31-38,41-50H,2-3H2,1H3,(H2,26,39). The minimum atomic E-state index is -4.82. The second kappa shape index (κ2) is 10.6. The predicted molar refractivity (Wildman–Crippen MR) is 152 cm³/mol. The molecule has 26 heteroatoms. The number of hydrogen-bond donors (Lipinski definition) is 19. The zero-order valence-corrected chi connectivity index (χ0v) is 25.1. The Labute approximate surface area is 278 Å². The lowest BCUT2D eigenvalue weighted by atomic mass is 9.86. The summed E-state index contributed by atoms with van der Waals surface area (Å²) in [7, 11) is 0.878. The highest BCUT2D eigenvalue weighted by molar-refractivity contribution is 6.12. The molecule has 2 aliphatic heterocycles. The third-order valence-electron chi connectivity index (χ3n) is 8.24. The lowest BCUT2D eigenvalue weighted by Crippen LogP contribution is -2.86. The maximum Gasteiger partial charge on any atom is 0.310 e. The minimum absolute atomic E-state index is 0.0383. The van der Waals surface area contributed by atoms with Gasteiger partial charge in [-0.25, -0.2) is 4.68 Å². The highest BCUT2D eigenvalue weighted by atomic mass is 16.7. The molecule has 0 atom stereocenters. The molecule has 2 amide bonds. The fraction of sp³-hybridized carbons (Fsp3) is 0.320. The van der Waals surface area contributed by atoms with E-state index in [4.69, 9.17) is 5.73 Å². The summed E-state index contributed by atoms with van der Waals surface area (Å²) < 4.78 is 4.70. The Balaban J connectivity index is 1.78. The van der Waals surface area contributed by atoms with Crippen LogP contribution in [0.1, 0.15) is 26.5 Å². The van der Waals surface area contributed by atoms with Gasteiger partial charge in [0, 0.05) is 0 Å². The van der Waals surface area contributed by atoms with E-state index in [2.05, 4.69) is 9.84 Å². The number of carbonyl (C=O) groups is 2. The van der Waals surface area contributed by atoms with Crippen molar-refractivity contribution in [2.24, 2.45) is 5.73 Å². The third kappa shape index (κ3) is 4.43. The van der Waals surface area contributed by atoms with Crippen LogP contribution >= 0.6 is 0 Å². The summed E-state index contributed by atoms with van der Waals surface area (Å²) >= 11 is 0. The molecular weight excluding hydrogens is 706 g/mol. The number of β-amino-alcohol motifs (C(OH)–C–C–N with tert-alkyl or cyclic N) is 4. The van der Waals surface area contributed by atoms with Crippen LogP contribution in [-0.4, -0.2) is 157 Å². The molecule has 0 aliphatic carbocycles. The number of anilines is 2. The monoisotopic (exact) mass is 733 g/mol. The second-order valence-corrected chi connectivity index (χ2v) is 11.3. The van der Waals surface area contributed by atoms with Gasteiger partial charge in [0.15, 0.2) is 45.9 Å². The number of phenols is 8. The number of rotatable bonds is 5. The van der Waals surface area contributed by atoms with E-state index in [9.17, 15) is 102 Å². The number of nitrogens with zero attached hydrogens (tertiary/aromatic N) is 4. The average molecular weight is 734 g/mol. The maximum absolute atomic E-state index is 14.0. The molecule has 3 heterocycles. The van der Waals surface area contributed by atoms with Crippen molar-refractivity contribution in [3.8, 4) is 57.4 Å². The summed E-state index contributed by atoms with van der Waals surface area (Å²) in [5.74, 6) is -39.0. The van der Waals surface area contributed by atoms with E-state index >= 15 is 0 Å². The number of hydrogen-bond acceptors (Lipinski definition) is 23. The number of aromatic nitrogens is 2. The maximum atomic E-state index is 14.0. The summed E-state index contributed by atoms with van der Waals surface area (Å²) in [5, 5.41) is 192. The van der Waals surface area contributed by atoms with Gasteiger partial charge in [-0.05, 0) is 0 Å². The topological polar surface area (TPSA) is 458 Å². The smallest absolute Gasteiger partial charge is 0.310 e. The molecule has 5 rings (SSSR count). The molecule has 0 bridgehead atoms. The van der Waals surface area contributed by atoms with E-state index in [-0.39, 0.29) is 9.58 Å². The van der Waals surface area contributed by atoms with Gasteiger partial charge in [-0.2, -0.15) is 5.10 Å². The third-order valence-corrected chi connectivity index (χ3v) is 8.24. The molecule has 0 unspecified atom stereocenters. The predicted octanol–water partition coefficient (Wildman–Crippen LogP) is -7.08. The van der Waals surface area contributed by atoms with Crippen molar-refractivity contribution >= 4 is 23.2 Å². The Kier molecular flexibility index (Phi) is 7.58. The molecule has 1 fully saturated rings. The normalized spacial score (nSPS) is 19.9. The second-order valence-electron chi connectivity index (χ2n) is 11.3. The van der Waals surface area contributed by atoms with Crippen LogP contribution < -0.4 is 20.3 Å². The van der Waals surface area contributed by atoms with Gasteiger partial charge >= 0.3 is 11.7 Å². The van der Waals surface area contributed by atoms with Crippen LogP contribution in [0.25, 0.3) is 5.69 Å². The molecule has 20 N–H and O–H groups in total. The number of primary amides is 1. The fourth-order valence-corrected chi connectivity index (χ4v) is 5.63. The van der Waals surface area contributed by atoms with Crippen LogP contribution in [0, 0.1) is 0 Å². The fourth-order valence-electron chi connectivity index (χ4n) is 5.63. The van der Waals surface area contributed by atoms with Crippen molar-refractivity contribution in [3.63, 3.8) is 0 Å². The molecule has 0 radical (unpaired) electrons. The number of nitrogens with two attached hydrogens (primary N) is 1. The number of benzene rings is 2. The van der Waals surface area contributed by atoms with E-state index in [0.717, 1.165) is 7.11 Å². The summed E-state index contributed by atoms with van der Waals surface area (Å²) in [6.45, 7) is -3.60. The molecule has 2 aromatic carbocycles.